The number of ether oxygens (including phenoxy) is 3. The molecule has 0 aliphatic carbocycles. The SMILES string of the molecule is CO/C(=C/C(N)=O)[C@H](C)[C@H](/C=C/c1csc(-c2csc([C@@H](C)/C=C/[C@H]3O[C@H]3C(C)C)n2)n1)OC. The lowest BCUT2D eigenvalue weighted by atomic mass is 10.0. The summed E-state index contributed by atoms with van der Waals surface area (Å²) in [5.41, 5.74) is 6.97. The van der Waals surface area contributed by atoms with E-state index in [0.717, 1.165) is 21.4 Å². The molecule has 2 aromatic heterocycles. The van der Waals surface area contributed by atoms with Crippen molar-refractivity contribution >= 4 is 34.7 Å². The molecule has 1 amide bonds. The van der Waals surface area contributed by atoms with E-state index in [9.17, 15) is 4.79 Å². The number of methoxy groups -OCH3 is 2. The van der Waals surface area contributed by atoms with Crippen LogP contribution in [0.3, 0.4) is 0 Å². The zero-order chi connectivity index (χ0) is 24.8. The summed E-state index contributed by atoms with van der Waals surface area (Å²) in [6.07, 6.45) is 9.70. The van der Waals surface area contributed by atoms with Gasteiger partial charge < -0.3 is 19.9 Å². The van der Waals surface area contributed by atoms with Gasteiger partial charge in [0.1, 0.15) is 22.6 Å². The highest BCUT2D eigenvalue weighted by Gasteiger charge is 2.38. The molecule has 34 heavy (non-hydrogen) atoms. The lowest BCUT2D eigenvalue weighted by molar-refractivity contribution is -0.113. The molecule has 1 saturated heterocycles. The van der Waals surface area contributed by atoms with Crippen molar-refractivity contribution in [3.05, 3.63) is 51.5 Å². The van der Waals surface area contributed by atoms with Crippen molar-refractivity contribution in [3.8, 4) is 10.7 Å². The van der Waals surface area contributed by atoms with Crippen molar-refractivity contribution in [2.45, 2.75) is 51.9 Å². The topological polar surface area (TPSA) is 99.9 Å². The molecule has 0 radical (unpaired) electrons. The molecule has 0 spiro atoms. The molecule has 1 aliphatic heterocycles. The highest BCUT2D eigenvalue weighted by atomic mass is 32.1. The molecule has 3 heterocycles. The van der Waals surface area contributed by atoms with Crippen LogP contribution in [0.15, 0.2) is 40.8 Å². The minimum Gasteiger partial charge on any atom is -0.501 e. The molecule has 5 atom stereocenters. The summed E-state index contributed by atoms with van der Waals surface area (Å²) in [5.74, 6) is 0.487. The number of aromatic nitrogens is 2. The molecule has 2 N–H and O–H groups in total. The number of hydrogen-bond acceptors (Lipinski definition) is 8. The van der Waals surface area contributed by atoms with Gasteiger partial charge in [0.2, 0.25) is 5.91 Å². The molecular weight excluding hydrogens is 470 g/mol. The zero-order valence-electron chi connectivity index (χ0n) is 20.4. The van der Waals surface area contributed by atoms with Gasteiger partial charge in [0.25, 0.3) is 0 Å². The lowest BCUT2D eigenvalue weighted by Gasteiger charge is -2.21. The number of nitrogens with two attached hydrogens (primary N) is 1. The molecule has 7 nitrogen and oxygen atoms in total. The lowest BCUT2D eigenvalue weighted by Crippen LogP contribution is -2.22. The van der Waals surface area contributed by atoms with Crippen LogP contribution in [-0.4, -0.2) is 48.4 Å². The first kappa shape index (κ1) is 26.3. The standard InChI is InChI=1S/C25H33N3O4S2/c1-14(2)23-20(32-23)9-7-15(3)24-28-18(13-34-24)25-27-17(12-33-25)8-10-19(30-5)16(4)21(31-6)11-22(26)29/h7-16,19-20,23H,1-6H3,(H2,26,29)/b9-7+,10-8+,21-11+/t15-,16+,19-,20+,23-/m0/s1. The predicted octanol–water partition coefficient (Wildman–Crippen LogP) is 5.03. The Morgan fingerprint density at radius 1 is 1.15 bits per heavy atom. The van der Waals surface area contributed by atoms with E-state index in [0.29, 0.717) is 17.8 Å². The third-order valence-electron chi connectivity index (χ3n) is 5.65. The van der Waals surface area contributed by atoms with Crippen LogP contribution in [0.25, 0.3) is 16.8 Å². The van der Waals surface area contributed by atoms with E-state index in [4.69, 9.17) is 29.9 Å². The molecule has 3 rings (SSSR count). The van der Waals surface area contributed by atoms with E-state index in [1.54, 1.807) is 29.8 Å². The van der Waals surface area contributed by atoms with Crippen LogP contribution in [-0.2, 0) is 19.0 Å². The average Bonchev–Trinajstić information content (AvgIpc) is 3.18. The van der Waals surface area contributed by atoms with Crippen molar-refractivity contribution in [1.29, 1.82) is 0 Å². The van der Waals surface area contributed by atoms with E-state index < -0.39 is 5.91 Å². The van der Waals surface area contributed by atoms with Crippen LogP contribution in [0.4, 0.5) is 0 Å². The third-order valence-corrected chi connectivity index (χ3v) is 7.58. The number of nitrogens with zero attached hydrogens (tertiary/aromatic N) is 2. The monoisotopic (exact) mass is 503 g/mol. The van der Waals surface area contributed by atoms with E-state index in [1.807, 2.05) is 24.5 Å². The number of hydrogen-bond donors (Lipinski definition) is 1. The molecule has 0 bridgehead atoms. The van der Waals surface area contributed by atoms with Crippen molar-refractivity contribution < 1.29 is 19.0 Å². The van der Waals surface area contributed by atoms with Gasteiger partial charge in [0, 0.05) is 35.8 Å². The molecular formula is C25H33N3O4S2. The number of carbonyl (C=O) groups excluding carboxylic acids is 1. The summed E-state index contributed by atoms with van der Waals surface area (Å²) in [7, 11) is 3.12. The quantitative estimate of drug-likeness (QED) is 0.189. The minimum absolute atomic E-state index is 0.190. The fourth-order valence-corrected chi connectivity index (χ4v) is 5.25. The predicted molar refractivity (Wildman–Crippen MR) is 138 cm³/mol. The molecule has 9 heteroatoms. The Balaban J connectivity index is 1.64. The van der Waals surface area contributed by atoms with Gasteiger partial charge in [-0.1, -0.05) is 45.9 Å². The van der Waals surface area contributed by atoms with Crippen LogP contribution < -0.4 is 5.73 Å². The second-order valence-corrected chi connectivity index (χ2v) is 10.4. The summed E-state index contributed by atoms with van der Waals surface area (Å²) in [6.45, 7) is 8.42. The van der Waals surface area contributed by atoms with Gasteiger partial charge in [-0.25, -0.2) is 9.97 Å². The summed E-state index contributed by atoms with van der Waals surface area (Å²) in [6, 6.07) is 0. The Labute approximate surface area is 209 Å². The van der Waals surface area contributed by atoms with Crippen molar-refractivity contribution in [2.24, 2.45) is 17.6 Å². The van der Waals surface area contributed by atoms with Crippen LogP contribution in [0, 0.1) is 11.8 Å². The fraction of sp³-hybridized carbons (Fsp3) is 0.480. The summed E-state index contributed by atoms with van der Waals surface area (Å²) < 4.78 is 16.6. The number of primary amides is 1. The Bertz CT molecular complexity index is 1060. The van der Waals surface area contributed by atoms with Crippen molar-refractivity contribution in [1.82, 2.24) is 9.97 Å². The smallest absolute Gasteiger partial charge is 0.244 e. The number of amides is 1. The Morgan fingerprint density at radius 3 is 2.53 bits per heavy atom. The number of rotatable bonds is 12. The number of carbonyl (C=O) groups is 1. The van der Waals surface area contributed by atoms with Crippen molar-refractivity contribution in [3.63, 3.8) is 0 Å². The average molecular weight is 504 g/mol. The Morgan fingerprint density at radius 2 is 1.91 bits per heavy atom. The second-order valence-electron chi connectivity index (χ2n) is 8.63. The van der Waals surface area contributed by atoms with Crippen LogP contribution in [0.1, 0.15) is 44.3 Å². The maximum Gasteiger partial charge on any atom is 0.244 e. The summed E-state index contributed by atoms with van der Waals surface area (Å²) in [4.78, 5) is 20.7. The van der Waals surface area contributed by atoms with E-state index in [1.165, 1.54) is 13.2 Å². The first-order chi connectivity index (χ1) is 16.2. The first-order valence-electron chi connectivity index (χ1n) is 11.2. The molecule has 1 aliphatic rings. The van der Waals surface area contributed by atoms with Gasteiger partial charge in [0.15, 0.2) is 0 Å². The summed E-state index contributed by atoms with van der Waals surface area (Å²) >= 11 is 3.20. The van der Waals surface area contributed by atoms with Crippen LogP contribution in [0.5, 0.6) is 0 Å². The zero-order valence-corrected chi connectivity index (χ0v) is 22.1. The Kier molecular flexibility index (Phi) is 9.18. The normalized spacial score (nSPS) is 21.3. The molecule has 0 aromatic carbocycles. The maximum atomic E-state index is 11.2. The molecule has 0 unspecified atom stereocenters. The largest absolute Gasteiger partial charge is 0.501 e. The van der Waals surface area contributed by atoms with Gasteiger partial charge in [-0.15, -0.1) is 22.7 Å². The first-order valence-corrected chi connectivity index (χ1v) is 13.0. The van der Waals surface area contributed by atoms with Gasteiger partial charge in [-0.2, -0.15) is 0 Å². The number of epoxide rings is 1. The van der Waals surface area contributed by atoms with E-state index in [-0.39, 0.29) is 24.0 Å². The van der Waals surface area contributed by atoms with Crippen LogP contribution >= 0.6 is 22.7 Å². The van der Waals surface area contributed by atoms with Gasteiger partial charge in [-0.3, -0.25) is 4.79 Å². The number of allylic oxidation sites excluding steroid dienone is 1. The molecule has 2 aromatic rings. The van der Waals surface area contributed by atoms with Gasteiger partial charge in [-0.05, 0) is 12.0 Å². The van der Waals surface area contributed by atoms with Crippen LogP contribution in [0.2, 0.25) is 0 Å². The van der Waals surface area contributed by atoms with Gasteiger partial charge in [0.05, 0.1) is 30.0 Å². The minimum atomic E-state index is -0.556. The van der Waals surface area contributed by atoms with E-state index in [2.05, 4.69) is 38.3 Å². The fourth-order valence-electron chi connectivity index (χ4n) is 3.58. The summed E-state index contributed by atoms with van der Waals surface area (Å²) in [5, 5.41) is 5.97. The molecule has 0 saturated carbocycles. The maximum absolute atomic E-state index is 11.2. The van der Waals surface area contributed by atoms with Crippen molar-refractivity contribution in [2.75, 3.05) is 14.2 Å². The highest BCUT2D eigenvalue weighted by molar-refractivity contribution is 7.14. The molecule has 1 fully saturated rings. The van der Waals surface area contributed by atoms with E-state index >= 15 is 0 Å². The molecule has 184 valence electrons. The second kappa shape index (κ2) is 11.9. The Hall–Kier alpha value is -2.33. The number of thiazole rings is 2. The highest BCUT2D eigenvalue weighted by Crippen LogP contribution is 2.33. The van der Waals surface area contributed by atoms with Gasteiger partial charge >= 0.3 is 0 Å². The third kappa shape index (κ3) is 6.85.